The summed E-state index contributed by atoms with van der Waals surface area (Å²) in [4.78, 5) is 9.72. The van der Waals surface area contributed by atoms with Crippen LogP contribution in [0.1, 0.15) is 6.92 Å². The summed E-state index contributed by atoms with van der Waals surface area (Å²) in [6.45, 7) is 1.09. The fraction of sp³-hybridized carbons (Fsp3) is 0.500. The minimum absolute atomic E-state index is 0. The zero-order chi connectivity index (χ0) is 23.7. The third-order valence-corrected chi connectivity index (χ3v) is 1.39. The zero-order valence-electron chi connectivity index (χ0n) is 14.8. The van der Waals surface area contributed by atoms with Crippen LogP contribution in [0, 0.1) is 0 Å². The summed E-state index contributed by atoms with van der Waals surface area (Å²) in [5, 5.41) is 0. The number of carbonyl (C=O) groups is 1. The van der Waals surface area contributed by atoms with Gasteiger partial charge in [-0.1, -0.05) is 0 Å². The van der Waals surface area contributed by atoms with E-state index in [4.69, 9.17) is 52.3 Å². The molecule has 0 saturated heterocycles. The van der Waals surface area contributed by atoms with Gasteiger partial charge in [-0.25, -0.2) is 0 Å². The van der Waals surface area contributed by atoms with E-state index in [-0.39, 0.29) is 28.2 Å². The molecule has 0 spiro atoms. The molecule has 31 heteroatoms. The van der Waals surface area contributed by atoms with E-state index in [0.29, 0.717) is 0 Å². The fourth-order valence-electron chi connectivity index (χ4n) is 0.110. The molecule has 0 aromatic heterocycles. The van der Waals surface area contributed by atoms with Gasteiger partial charge in [-0.2, -0.15) is 0 Å². The van der Waals surface area contributed by atoms with E-state index >= 15 is 0 Å². The molecule has 11 N–H and O–H groups in total. The van der Waals surface area contributed by atoms with Crippen LogP contribution in [-0.4, -0.2) is 169 Å². The van der Waals surface area contributed by atoms with Crippen molar-refractivity contribution in [3.8, 4) is 0 Å². The van der Waals surface area contributed by atoms with Crippen LogP contribution >= 0.6 is 0 Å². The molecular weight excluding hydrogens is 1170 g/mol. The third kappa shape index (κ3) is 898. The van der Waals surface area contributed by atoms with Crippen LogP contribution in [0.3, 0.4) is 0 Å². The van der Waals surface area contributed by atoms with E-state index in [1.54, 1.807) is 0 Å². The summed E-state index contributed by atoms with van der Waals surface area (Å²) in [5.41, 5.74) is 0. The van der Waals surface area contributed by atoms with Gasteiger partial charge in [0.15, 0.2) is 0 Å². The van der Waals surface area contributed by atoms with Gasteiger partial charge in [-0.15, -0.1) is 0 Å². The normalized spacial score (nSPS) is 5.58. The predicted octanol–water partition coefficient (Wildman–Crippen LogP) is -8.20. The third-order valence-electron chi connectivity index (χ3n) is 0.207. The molecule has 0 heterocycles. The second-order valence-electron chi connectivity index (χ2n) is 2.08. The summed E-state index contributed by atoms with van der Waals surface area (Å²) in [6, 6.07) is 0. The zero-order valence-corrected chi connectivity index (χ0v) is 30.1. The van der Waals surface area contributed by atoms with Crippen molar-refractivity contribution in [3.63, 3.8) is 0 Å². The van der Waals surface area contributed by atoms with E-state index in [1.165, 1.54) is 0 Å². The number of carbonyl (C=O) groups excluding carboxylic acids is 1. The van der Waals surface area contributed by atoms with Gasteiger partial charge in [-0.3, -0.25) is 28.2 Å². The van der Waals surface area contributed by atoms with Gasteiger partial charge < -0.3 is 0 Å². The van der Waals surface area contributed by atoms with E-state index in [9.17, 15) is 7.81 Å². The Hall–Kier alpha value is 2.32. The molecule has 33 heavy (non-hydrogen) atoms. The molecule has 0 fully saturated rings. The van der Waals surface area contributed by atoms with Crippen LogP contribution in [0.15, 0.2) is 0 Å². The van der Waals surface area contributed by atoms with Crippen molar-refractivity contribution in [1.82, 2.24) is 0 Å². The van der Waals surface area contributed by atoms with Gasteiger partial charge in [0, 0.05) is 0 Å². The van der Waals surface area contributed by atoms with Crippen LogP contribution in [0.2, 0.25) is 0 Å². The fourth-order valence-corrected chi connectivity index (χ4v) is 0.738. The van der Waals surface area contributed by atoms with Crippen molar-refractivity contribution in [2.24, 2.45) is 0 Å². The number of hydrogen-bond acceptors (Lipinski definition) is 8. The van der Waals surface area contributed by atoms with Gasteiger partial charge in [0.05, 0.1) is 0 Å². The Kier molecular flexibility index (Phi) is 149. The molecule has 0 aliphatic carbocycles. The Morgan fingerprint density at radius 3 is 0.545 bits per heavy atom. The van der Waals surface area contributed by atoms with Crippen LogP contribution in [0.5, 0.6) is 0 Å². The van der Waals surface area contributed by atoms with Crippen LogP contribution in [0.25, 0.3) is 0 Å². The van der Waals surface area contributed by atoms with Gasteiger partial charge in [0.2, 0.25) is 0 Å². The maximum absolute atomic E-state index is 9.72. The summed E-state index contributed by atoms with van der Waals surface area (Å²) in [5.74, 6) is -0.694. The maximum atomic E-state index is 9.72. The molecule has 0 aliphatic rings. The minimum atomic E-state index is -3.70. The summed E-state index contributed by atoms with van der Waals surface area (Å²) in [7, 11) is 0. The van der Waals surface area contributed by atoms with E-state index < -0.39 is 132 Å². The first-order valence-electron chi connectivity index (χ1n) is 4.39. The van der Waals surface area contributed by atoms with Crippen molar-refractivity contribution in [2.45, 2.75) is 6.92 Å². The molecule has 0 amide bonds. The Bertz CT molecular complexity index is 390. The van der Waals surface area contributed by atoms with Gasteiger partial charge in [0.1, 0.15) is 0 Å². The van der Waals surface area contributed by atoms with E-state index in [2.05, 4.69) is 3.02 Å². The second-order valence-corrected chi connectivity index (χ2v) is 11.2. The SMILES string of the molecule is CC(=O)[O][Sb](=[O])[OH].F.F.F.F.F.F.[O]=[Sb]([OH])[OH].[O]=[Sb]([OH])[OH].[O]=[Sb]([OH])[OH].[O]=[Sb]([OH])[OH].[O]=[Sb]([OH])[OH]. The molecule has 6 radical (unpaired) electrons. The van der Waals surface area contributed by atoms with Crippen LogP contribution < -0.4 is 0 Å². The number of halogens is 6. The van der Waals surface area contributed by atoms with Crippen LogP contribution in [-0.2, 0) is 25.9 Å². The van der Waals surface area contributed by atoms with Crippen molar-refractivity contribution in [3.05, 3.63) is 0 Å². The second kappa shape index (κ2) is 64.4. The molecule has 0 bridgehead atoms. The molecule has 0 unspecified atom stereocenters. The van der Waals surface area contributed by atoms with Crippen LogP contribution in [0.4, 0.5) is 28.2 Å². The molecule has 0 rings (SSSR count). The van der Waals surface area contributed by atoms with Crippen molar-refractivity contribution < 1.29 is 91.4 Å². The average molecular weight is 1190 g/mol. The Morgan fingerprint density at radius 2 is 0.545 bits per heavy atom. The molecular formula is C2H20F6O19Sb6. The molecule has 0 aromatic rings. The number of rotatable bonds is 1. The van der Waals surface area contributed by atoms with E-state index in [1.807, 2.05) is 0 Å². The van der Waals surface area contributed by atoms with E-state index in [0.717, 1.165) is 6.92 Å². The van der Waals surface area contributed by atoms with Crippen molar-refractivity contribution in [1.29, 1.82) is 0 Å². The Labute approximate surface area is 227 Å². The summed E-state index contributed by atoms with van der Waals surface area (Å²) < 4.78 is 138. The molecule has 0 atom stereocenters. The van der Waals surface area contributed by atoms with Gasteiger partial charge >= 0.3 is 202 Å². The number of hydrogen-bond donors (Lipinski definition) is 11. The summed E-state index contributed by atoms with van der Waals surface area (Å²) >= 11 is -22.2. The first kappa shape index (κ1) is 76.5. The van der Waals surface area contributed by atoms with Crippen molar-refractivity contribution >= 4 is 132 Å². The Balaban J connectivity index is -0.0000000157. The topological polar surface area (TPSA) is 351 Å². The Morgan fingerprint density at radius 1 is 0.455 bits per heavy atom. The van der Waals surface area contributed by atoms with Gasteiger partial charge in [0.25, 0.3) is 0 Å². The predicted molar refractivity (Wildman–Crippen MR) is 89.8 cm³/mol. The monoisotopic (exact) mass is 1190 g/mol. The standard InChI is InChI=1S/C2H4O2.6FH.11H2O.6O.6Sb/c1-2(3)4;;;;;;;;;;;;;;;;;;;;;;;;;;;;;/h1H3,(H,3,4);6*1H;11*1H2;;;;;;;;;;;;/q;;;;;;;;;;;;;;;;;;;;;;;;6*+2/p-12. The average Bonchev–Trinajstić information content (AvgIpc) is 2.21. The molecule has 0 aliphatic heterocycles. The molecule has 19 nitrogen and oxygen atoms in total. The first-order chi connectivity index (χ1) is 11.8. The first-order valence-corrected chi connectivity index (χ1v) is 24.2. The molecule has 0 saturated carbocycles. The molecule has 214 valence electrons. The van der Waals surface area contributed by atoms with Crippen molar-refractivity contribution in [2.75, 3.05) is 0 Å². The van der Waals surface area contributed by atoms with Gasteiger partial charge in [-0.05, 0) is 0 Å². The molecule has 0 aromatic carbocycles. The summed E-state index contributed by atoms with van der Waals surface area (Å²) in [6.07, 6.45) is 0. The quantitative estimate of drug-likeness (QED) is 0.0858.